The third-order valence-electron chi connectivity index (χ3n) is 3.92. The van der Waals surface area contributed by atoms with Crippen molar-refractivity contribution in [3.05, 3.63) is 77.0 Å². The summed E-state index contributed by atoms with van der Waals surface area (Å²) in [5.74, 6) is -0.237. The average molecular weight is 321 g/mol. The molecule has 24 heavy (non-hydrogen) atoms. The zero-order valence-electron chi connectivity index (χ0n) is 13.6. The first-order valence-electron chi connectivity index (χ1n) is 7.76. The second-order valence-corrected chi connectivity index (χ2v) is 5.80. The lowest BCUT2D eigenvalue weighted by Gasteiger charge is -2.28. The summed E-state index contributed by atoms with van der Waals surface area (Å²) in [7, 11) is 0. The van der Waals surface area contributed by atoms with Crippen LogP contribution < -0.4 is 16.0 Å². The Kier molecular flexibility index (Phi) is 4.33. The minimum Gasteiger partial charge on any atom is -0.327 e. The molecule has 1 atom stereocenters. The second-order valence-electron chi connectivity index (χ2n) is 5.80. The van der Waals surface area contributed by atoms with E-state index in [-0.39, 0.29) is 11.9 Å². The van der Waals surface area contributed by atoms with Crippen molar-refractivity contribution in [1.82, 2.24) is 10.6 Å². The van der Waals surface area contributed by atoms with Gasteiger partial charge in [-0.05, 0) is 37.1 Å². The molecule has 1 heterocycles. The summed E-state index contributed by atoms with van der Waals surface area (Å²) in [5, 5.41) is 8.41. The lowest BCUT2D eigenvalue weighted by Crippen LogP contribution is -2.45. The number of carbonyl (C=O) groups excluding carboxylic acids is 2. The summed E-state index contributed by atoms with van der Waals surface area (Å²) in [6.45, 7) is 3.70. The number of anilines is 1. The summed E-state index contributed by atoms with van der Waals surface area (Å²) >= 11 is 0. The van der Waals surface area contributed by atoms with Crippen molar-refractivity contribution in [2.45, 2.75) is 19.9 Å². The number of hydrogen-bond acceptors (Lipinski definition) is 2. The summed E-state index contributed by atoms with van der Waals surface area (Å²) in [5.41, 5.74) is 3.71. The molecule has 0 bridgehead atoms. The summed E-state index contributed by atoms with van der Waals surface area (Å²) in [6, 6.07) is 16.3. The van der Waals surface area contributed by atoms with Gasteiger partial charge in [-0.15, -0.1) is 0 Å². The van der Waals surface area contributed by atoms with E-state index in [1.807, 2.05) is 61.5 Å². The van der Waals surface area contributed by atoms with E-state index in [9.17, 15) is 9.59 Å². The van der Waals surface area contributed by atoms with Crippen molar-refractivity contribution in [1.29, 1.82) is 0 Å². The lowest BCUT2D eigenvalue weighted by molar-refractivity contribution is -0.113. The summed E-state index contributed by atoms with van der Waals surface area (Å²) in [6.07, 6.45) is 0. The predicted molar refractivity (Wildman–Crippen MR) is 93.4 cm³/mol. The Bertz CT molecular complexity index is 812. The number of nitrogens with one attached hydrogen (secondary N) is 3. The van der Waals surface area contributed by atoms with Gasteiger partial charge >= 0.3 is 6.03 Å². The molecule has 3 rings (SSSR count). The van der Waals surface area contributed by atoms with E-state index in [2.05, 4.69) is 16.0 Å². The van der Waals surface area contributed by atoms with Gasteiger partial charge in [-0.3, -0.25) is 4.79 Å². The highest BCUT2D eigenvalue weighted by Gasteiger charge is 2.31. The van der Waals surface area contributed by atoms with Crippen molar-refractivity contribution in [3.63, 3.8) is 0 Å². The van der Waals surface area contributed by atoms with Gasteiger partial charge in [-0.1, -0.05) is 42.5 Å². The van der Waals surface area contributed by atoms with Crippen LogP contribution >= 0.6 is 0 Å². The van der Waals surface area contributed by atoms with E-state index in [0.29, 0.717) is 11.3 Å². The number of rotatable bonds is 3. The van der Waals surface area contributed by atoms with E-state index in [1.165, 1.54) is 0 Å². The van der Waals surface area contributed by atoms with Gasteiger partial charge in [-0.25, -0.2) is 4.79 Å². The molecule has 2 aromatic rings. The first-order valence-corrected chi connectivity index (χ1v) is 7.76. The number of amides is 3. The molecule has 2 aromatic carbocycles. The lowest BCUT2D eigenvalue weighted by atomic mass is 9.95. The fourth-order valence-electron chi connectivity index (χ4n) is 2.81. The first-order chi connectivity index (χ1) is 11.5. The molecule has 0 saturated carbocycles. The van der Waals surface area contributed by atoms with Crippen molar-refractivity contribution < 1.29 is 9.59 Å². The van der Waals surface area contributed by atoms with Crippen molar-refractivity contribution in [2.75, 3.05) is 5.32 Å². The van der Waals surface area contributed by atoms with E-state index < -0.39 is 6.04 Å². The maximum Gasteiger partial charge on any atom is 0.319 e. The molecule has 0 fully saturated rings. The molecule has 0 radical (unpaired) electrons. The number of urea groups is 1. The highest BCUT2D eigenvalue weighted by atomic mass is 16.2. The molecular weight excluding hydrogens is 302 g/mol. The monoisotopic (exact) mass is 321 g/mol. The quantitative estimate of drug-likeness (QED) is 0.812. The molecular formula is C19H19N3O2. The number of benzene rings is 2. The molecule has 5 nitrogen and oxygen atoms in total. The smallest absolute Gasteiger partial charge is 0.319 e. The summed E-state index contributed by atoms with van der Waals surface area (Å²) in [4.78, 5) is 24.7. The zero-order chi connectivity index (χ0) is 17.1. The van der Waals surface area contributed by atoms with Crippen LogP contribution in [0.25, 0.3) is 0 Å². The van der Waals surface area contributed by atoms with Gasteiger partial charge in [0, 0.05) is 11.4 Å². The third-order valence-corrected chi connectivity index (χ3v) is 3.92. The van der Waals surface area contributed by atoms with Gasteiger partial charge in [0.2, 0.25) is 0 Å². The minimum atomic E-state index is -0.482. The maximum absolute atomic E-state index is 12.8. The van der Waals surface area contributed by atoms with Crippen molar-refractivity contribution >= 4 is 17.6 Å². The average Bonchev–Trinajstić information content (AvgIpc) is 2.54. The van der Waals surface area contributed by atoms with E-state index in [1.54, 1.807) is 6.92 Å². The Morgan fingerprint density at radius 3 is 2.50 bits per heavy atom. The Balaban J connectivity index is 1.94. The van der Waals surface area contributed by atoms with Gasteiger partial charge in [-0.2, -0.15) is 0 Å². The second kappa shape index (κ2) is 6.58. The number of hydrogen-bond donors (Lipinski definition) is 3. The molecule has 3 amide bonds. The topological polar surface area (TPSA) is 70.2 Å². The third kappa shape index (κ3) is 3.30. The van der Waals surface area contributed by atoms with E-state index in [0.717, 1.165) is 16.8 Å². The molecule has 0 aliphatic carbocycles. The van der Waals surface area contributed by atoms with Crippen LogP contribution in [0.2, 0.25) is 0 Å². The van der Waals surface area contributed by atoms with Crippen LogP contribution in [0.1, 0.15) is 24.1 Å². The molecule has 0 spiro atoms. The highest BCUT2D eigenvalue weighted by Crippen LogP contribution is 2.27. The molecule has 5 heteroatoms. The molecule has 0 aromatic heterocycles. The van der Waals surface area contributed by atoms with Crippen LogP contribution in [0, 0.1) is 6.92 Å². The van der Waals surface area contributed by atoms with Crippen molar-refractivity contribution in [3.8, 4) is 0 Å². The molecule has 3 N–H and O–H groups in total. The molecule has 0 saturated heterocycles. The van der Waals surface area contributed by atoms with Crippen LogP contribution in [-0.4, -0.2) is 11.9 Å². The molecule has 1 aliphatic heterocycles. The number of carbonyl (C=O) groups is 2. The predicted octanol–water partition coefficient (Wildman–Crippen LogP) is 3.26. The van der Waals surface area contributed by atoms with Crippen molar-refractivity contribution in [2.24, 2.45) is 0 Å². The summed E-state index contributed by atoms with van der Waals surface area (Å²) < 4.78 is 0. The SMILES string of the molecule is CC1=C(C(=O)Nc2cccc(C)c2)C(c2ccccc2)NC(=O)N1. The van der Waals surface area contributed by atoms with Crippen LogP contribution in [-0.2, 0) is 4.79 Å². The first kappa shape index (κ1) is 15.8. The fraction of sp³-hybridized carbons (Fsp3) is 0.158. The zero-order valence-corrected chi connectivity index (χ0v) is 13.6. The van der Waals surface area contributed by atoms with Gasteiger partial charge < -0.3 is 16.0 Å². The van der Waals surface area contributed by atoms with Crippen LogP contribution in [0.15, 0.2) is 65.9 Å². The van der Waals surface area contributed by atoms with E-state index >= 15 is 0 Å². The standard InChI is InChI=1S/C19H19N3O2/c1-12-7-6-10-15(11-12)21-18(23)16-13(2)20-19(24)22-17(16)14-8-4-3-5-9-14/h3-11,17H,1-2H3,(H,21,23)(H2,20,22,24). The van der Waals surface area contributed by atoms with Gasteiger partial charge in [0.15, 0.2) is 0 Å². The normalized spacial score (nSPS) is 17.1. The Morgan fingerprint density at radius 2 is 1.79 bits per heavy atom. The maximum atomic E-state index is 12.8. The van der Waals surface area contributed by atoms with E-state index in [4.69, 9.17) is 0 Å². The largest absolute Gasteiger partial charge is 0.327 e. The van der Waals surface area contributed by atoms with Gasteiger partial charge in [0.1, 0.15) is 0 Å². The van der Waals surface area contributed by atoms with Gasteiger partial charge in [0.25, 0.3) is 5.91 Å². The van der Waals surface area contributed by atoms with Gasteiger partial charge in [0.05, 0.1) is 11.6 Å². The molecule has 1 unspecified atom stereocenters. The van der Waals surface area contributed by atoms with Crippen LogP contribution in [0.4, 0.5) is 10.5 Å². The Labute approximate surface area is 140 Å². The van der Waals surface area contributed by atoms with Crippen LogP contribution in [0.3, 0.4) is 0 Å². The molecule has 122 valence electrons. The fourth-order valence-corrected chi connectivity index (χ4v) is 2.81. The number of allylic oxidation sites excluding steroid dienone is 1. The highest BCUT2D eigenvalue weighted by molar-refractivity contribution is 6.06. The Hall–Kier alpha value is -3.08. The Morgan fingerprint density at radius 1 is 1.04 bits per heavy atom. The minimum absolute atomic E-state index is 0.237. The number of aryl methyl sites for hydroxylation is 1. The molecule has 1 aliphatic rings. The van der Waals surface area contributed by atoms with Crippen LogP contribution in [0.5, 0.6) is 0 Å².